The van der Waals surface area contributed by atoms with Crippen LogP contribution in [0.2, 0.25) is 0 Å². The molecule has 0 bridgehead atoms. The second kappa shape index (κ2) is 3.93. The summed E-state index contributed by atoms with van der Waals surface area (Å²) in [6.07, 6.45) is 4.82. The molecule has 0 spiro atoms. The Labute approximate surface area is 79.3 Å². The molecule has 1 heterocycles. The number of rotatable bonds is 1. The van der Waals surface area contributed by atoms with Crippen LogP contribution in [0, 0.1) is 0 Å². The molecule has 2 aliphatic rings. The Hall–Kier alpha value is -0.150. The largest absolute Gasteiger partial charge is 0.328 e. The second-order valence-electron chi connectivity index (χ2n) is 4.46. The molecule has 1 saturated carbocycles. The van der Waals surface area contributed by atoms with Gasteiger partial charge < -0.3 is 5.73 Å². The summed E-state index contributed by atoms with van der Waals surface area (Å²) in [4.78, 5) is 2.30. The molecule has 1 aliphatic carbocycles. The lowest BCUT2D eigenvalue weighted by molar-refractivity contribution is 0.168. The summed E-state index contributed by atoms with van der Waals surface area (Å²) >= 11 is 0. The first-order valence-corrected chi connectivity index (χ1v) is 5.39. The summed E-state index contributed by atoms with van der Waals surface area (Å²) in [6.45, 7) is 1.59. The van der Waals surface area contributed by atoms with Crippen molar-refractivity contribution in [3.63, 3.8) is 0 Å². The third-order valence-electron chi connectivity index (χ3n) is 3.37. The second-order valence-corrected chi connectivity index (χ2v) is 4.46. The van der Waals surface area contributed by atoms with Gasteiger partial charge in [-0.2, -0.15) is 0 Å². The first kappa shape index (κ1) is 9.41. The molecule has 0 radical (unpaired) electrons. The first-order chi connectivity index (χ1) is 6.25. The monoisotopic (exact) mass is 186 g/mol. The standard InChI is InChI=1S/C10H19FN2/c11-8-4-5-13(7-8)10-3-1-2-9(12)6-10/h8-10H,1-7,12H2. The van der Waals surface area contributed by atoms with E-state index in [2.05, 4.69) is 4.90 Å². The molecule has 1 saturated heterocycles. The Bertz CT molecular complexity index is 174. The Balaban J connectivity index is 1.85. The van der Waals surface area contributed by atoms with Gasteiger partial charge in [-0.15, -0.1) is 0 Å². The quantitative estimate of drug-likeness (QED) is 0.669. The number of likely N-dealkylation sites (tertiary alicyclic amines) is 1. The molecule has 2 fully saturated rings. The Kier molecular flexibility index (Phi) is 2.84. The van der Waals surface area contributed by atoms with Crippen molar-refractivity contribution in [3.8, 4) is 0 Å². The molecule has 76 valence electrons. The molecule has 1 aliphatic heterocycles. The zero-order chi connectivity index (χ0) is 9.26. The van der Waals surface area contributed by atoms with Gasteiger partial charge in [-0.1, -0.05) is 6.42 Å². The predicted octanol–water partition coefficient (Wildman–Crippen LogP) is 1.30. The van der Waals surface area contributed by atoms with Crippen LogP contribution in [0.4, 0.5) is 4.39 Å². The molecule has 0 amide bonds. The fourth-order valence-electron chi connectivity index (χ4n) is 2.61. The van der Waals surface area contributed by atoms with Gasteiger partial charge in [-0.25, -0.2) is 4.39 Å². The van der Waals surface area contributed by atoms with Gasteiger partial charge in [0.2, 0.25) is 0 Å². The van der Waals surface area contributed by atoms with E-state index in [0.29, 0.717) is 18.6 Å². The number of nitrogens with two attached hydrogens (primary N) is 1. The predicted molar refractivity (Wildman–Crippen MR) is 51.3 cm³/mol. The molecular formula is C10H19FN2. The van der Waals surface area contributed by atoms with Crippen molar-refractivity contribution < 1.29 is 4.39 Å². The Morgan fingerprint density at radius 1 is 1.23 bits per heavy atom. The topological polar surface area (TPSA) is 29.3 Å². The molecular weight excluding hydrogens is 167 g/mol. The molecule has 0 aromatic heterocycles. The van der Waals surface area contributed by atoms with Gasteiger partial charge in [0.1, 0.15) is 6.17 Å². The number of nitrogens with zero attached hydrogens (tertiary/aromatic N) is 1. The van der Waals surface area contributed by atoms with Crippen LogP contribution in [0.3, 0.4) is 0 Å². The summed E-state index contributed by atoms with van der Waals surface area (Å²) in [6, 6.07) is 0.932. The van der Waals surface area contributed by atoms with Crippen LogP contribution >= 0.6 is 0 Å². The van der Waals surface area contributed by atoms with Crippen LogP contribution < -0.4 is 5.73 Å². The number of halogens is 1. The first-order valence-electron chi connectivity index (χ1n) is 5.39. The van der Waals surface area contributed by atoms with Gasteiger partial charge in [0.25, 0.3) is 0 Å². The number of alkyl halides is 1. The van der Waals surface area contributed by atoms with Crippen LogP contribution in [0.15, 0.2) is 0 Å². The third kappa shape index (κ3) is 2.20. The molecule has 0 aromatic rings. The SMILES string of the molecule is NC1CCCC(N2CCC(F)C2)C1. The van der Waals surface area contributed by atoms with Crippen LogP contribution in [0.25, 0.3) is 0 Å². The van der Waals surface area contributed by atoms with Crippen LogP contribution in [0.5, 0.6) is 0 Å². The van der Waals surface area contributed by atoms with Crippen molar-refractivity contribution in [2.45, 2.75) is 50.4 Å². The van der Waals surface area contributed by atoms with Gasteiger partial charge in [-0.3, -0.25) is 4.90 Å². The van der Waals surface area contributed by atoms with E-state index in [1.54, 1.807) is 0 Å². The maximum atomic E-state index is 13.0. The normalized spacial score (nSPS) is 42.5. The highest BCUT2D eigenvalue weighted by Gasteiger charge is 2.30. The van der Waals surface area contributed by atoms with E-state index < -0.39 is 6.17 Å². The zero-order valence-corrected chi connectivity index (χ0v) is 8.08. The van der Waals surface area contributed by atoms with Crippen molar-refractivity contribution >= 4 is 0 Å². The third-order valence-corrected chi connectivity index (χ3v) is 3.37. The highest BCUT2D eigenvalue weighted by atomic mass is 19.1. The van der Waals surface area contributed by atoms with Gasteiger partial charge >= 0.3 is 0 Å². The average Bonchev–Trinajstić information content (AvgIpc) is 2.52. The summed E-state index contributed by atoms with van der Waals surface area (Å²) < 4.78 is 13.0. The molecule has 0 aromatic carbocycles. The maximum absolute atomic E-state index is 13.0. The van der Waals surface area contributed by atoms with E-state index in [0.717, 1.165) is 25.8 Å². The fraction of sp³-hybridized carbons (Fsp3) is 1.00. The fourth-order valence-corrected chi connectivity index (χ4v) is 2.61. The highest BCUT2D eigenvalue weighted by molar-refractivity contribution is 4.86. The van der Waals surface area contributed by atoms with E-state index in [4.69, 9.17) is 5.73 Å². The van der Waals surface area contributed by atoms with Crippen molar-refractivity contribution in [1.82, 2.24) is 4.90 Å². The van der Waals surface area contributed by atoms with Crippen LogP contribution in [0.1, 0.15) is 32.1 Å². The molecule has 2 nitrogen and oxygen atoms in total. The lowest BCUT2D eigenvalue weighted by atomic mass is 9.91. The Morgan fingerprint density at radius 3 is 2.69 bits per heavy atom. The minimum absolute atomic E-state index is 0.359. The van der Waals surface area contributed by atoms with E-state index in [1.807, 2.05) is 0 Å². The molecule has 2 rings (SSSR count). The molecule has 3 unspecified atom stereocenters. The van der Waals surface area contributed by atoms with Crippen molar-refractivity contribution in [3.05, 3.63) is 0 Å². The van der Waals surface area contributed by atoms with E-state index in [9.17, 15) is 4.39 Å². The van der Waals surface area contributed by atoms with Crippen molar-refractivity contribution in [1.29, 1.82) is 0 Å². The lowest BCUT2D eigenvalue weighted by Crippen LogP contribution is -2.41. The van der Waals surface area contributed by atoms with Crippen LogP contribution in [-0.2, 0) is 0 Å². The van der Waals surface area contributed by atoms with Gasteiger partial charge in [0.05, 0.1) is 0 Å². The zero-order valence-electron chi connectivity index (χ0n) is 8.08. The average molecular weight is 186 g/mol. The number of hydrogen-bond acceptors (Lipinski definition) is 2. The van der Waals surface area contributed by atoms with Gasteiger partial charge in [-0.05, 0) is 25.7 Å². The smallest absolute Gasteiger partial charge is 0.114 e. The van der Waals surface area contributed by atoms with E-state index in [-0.39, 0.29) is 0 Å². The maximum Gasteiger partial charge on any atom is 0.114 e. The van der Waals surface area contributed by atoms with E-state index >= 15 is 0 Å². The summed E-state index contributed by atoms with van der Waals surface area (Å²) in [5.41, 5.74) is 5.91. The van der Waals surface area contributed by atoms with Gasteiger partial charge in [0.15, 0.2) is 0 Å². The minimum Gasteiger partial charge on any atom is -0.328 e. The lowest BCUT2D eigenvalue weighted by Gasteiger charge is -2.33. The summed E-state index contributed by atoms with van der Waals surface area (Å²) in [7, 11) is 0. The van der Waals surface area contributed by atoms with Crippen molar-refractivity contribution in [2.24, 2.45) is 5.73 Å². The Morgan fingerprint density at radius 2 is 2.08 bits per heavy atom. The molecule has 3 heteroatoms. The van der Waals surface area contributed by atoms with E-state index in [1.165, 1.54) is 12.8 Å². The van der Waals surface area contributed by atoms with Crippen LogP contribution in [-0.4, -0.2) is 36.2 Å². The summed E-state index contributed by atoms with van der Waals surface area (Å²) in [5, 5.41) is 0. The summed E-state index contributed by atoms with van der Waals surface area (Å²) in [5.74, 6) is 0. The molecule has 2 N–H and O–H groups in total. The van der Waals surface area contributed by atoms with Crippen molar-refractivity contribution in [2.75, 3.05) is 13.1 Å². The van der Waals surface area contributed by atoms with Gasteiger partial charge in [0, 0.05) is 25.2 Å². The minimum atomic E-state index is -0.585. The molecule has 3 atom stereocenters. The number of hydrogen-bond donors (Lipinski definition) is 1. The molecule has 13 heavy (non-hydrogen) atoms. The highest BCUT2D eigenvalue weighted by Crippen LogP contribution is 2.25.